The zero-order chi connectivity index (χ0) is 17.7. The first-order valence-electron chi connectivity index (χ1n) is 9.13. The first kappa shape index (κ1) is 18.7. The van der Waals surface area contributed by atoms with Crippen LogP contribution in [0.25, 0.3) is 0 Å². The van der Waals surface area contributed by atoms with Crippen molar-refractivity contribution >= 4 is 11.8 Å². The molecular formula is C21H30O3. The molecule has 0 N–H and O–H groups in total. The Labute approximate surface area is 145 Å². The Morgan fingerprint density at radius 1 is 1.17 bits per heavy atom. The van der Waals surface area contributed by atoms with E-state index in [1.54, 1.807) is 0 Å². The summed E-state index contributed by atoms with van der Waals surface area (Å²) in [6, 6.07) is 9.68. The Bertz CT molecular complexity index is 549. The van der Waals surface area contributed by atoms with Crippen molar-refractivity contribution in [2.75, 3.05) is 0 Å². The van der Waals surface area contributed by atoms with Crippen molar-refractivity contribution in [2.45, 2.75) is 59.5 Å². The van der Waals surface area contributed by atoms with Crippen molar-refractivity contribution in [1.29, 1.82) is 0 Å². The Kier molecular flexibility index (Phi) is 6.59. The number of ketones is 1. The van der Waals surface area contributed by atoms with Crippen molar-refractivity contribution in [3.05, 3.63) is 35.9 Å². The van der Waals surface area contributed by atoms with Crippen LogP contribution in [0.15, 0.2) is 30.3 Å². The van der Waals surface area contributed by atoms with E-state index in [4.69, 9.17) is 4.74 Å². The van der Waals surface area contributed by atoms with Gasteiger partial charge in [-0.3, -0.25) is 9.59 Å². The zero-order valence-electron chi connectivity index (χ0n) is 15.3. The molecule has 0 heterocycles. The first-order chi connectivity index (χ1) is 11.4. The van der Waals surface area contributed by atoms with E-state index in [0.29, 0.717) is 24.2 Å². The summed E-state index contributed by atoms with van der Waals surface area (Å²) < 4.78 is 5.87. The van der Waals surface area contributed by atoms with E-state index in [1.807, 2.05) is 30.3 Å². The van der Waals surface area contributed by atoms with Crippen LogP contribution in [-0.4, -0.2) is 17.9 Å². The van der Waals surface area contributed by atoms with Gasteiger partial charge in [0.25, 0.3) is 0 Å². The maximum Gasteiger partial charge on any atom is 0.317 e. The average molecular weight is 330 g/mol. The molecule has 1 saturated carbocycles. The van der Waals surface area contributed by atoms with Gasteiger partial charge >= 0.3 is 5.97 Å². The molecule has 3 heteroatoms. The fraction of sp³-hybridized carbons (Fsp3) is 0.619. The number of rotatable bonds is 6. The molecule has 4 atom stereocenters. The number of ether oxygens (including phenoxy) is 1. The van der Waals surface area contributed by atoms with Crippen molar-refractivity contribution in [2.24, 2.45) is 23.7 Å². The SMILES string of the molecule is CC(=O)[C@H](Cc1ccccc1)C(=O)O[C@@H]1C[C@H](C)CC[C@@H]1C(C)C. The van der Waals surface area contributed by atoms with Crippen LogP contribution < -0.4 is 0 Å². The van der Waals surface area contributed by atoms with Gasteiger partial charge in [-0.05, 0) is 49.5 Å². The minimum atomic E-state index is -0.697. The molecule has 1 aliphatic rings. The van der Waals surface area contributed by atoms with Crippen molar-refractivity contribution in [1.82, 2.24) is 0 Å². The summed E-state index contributed by atoms with van der Waals surface area (Å²) in [6.07, 6.45) is 3.56. The van der Waals surface area contributed by atoms with Crippen LogP contribution in [0.1, 0.15) is 52.5 Å². The van der Waals surface area contributed by atoms with E-state index in [2.05, 4.69) is 20.8 Å². The van der Waals surface area contributed by atoms with Crippen LogP contribution in [0.5, 0.6) is 0 Å². The van der Waals surface area contributed by atoms with Crippen molar-refractivity contribution in [3.63, 3.8) is 0 Å². The Morgan fingerprint density at radius 3 is 2.42 bits per heavy atom. The Morgan fingerprint density at radius 2 is 1.83 bits per heavy atom. The predicted octanol–water partition coefficient (Wildman–Crippen LogP) is 4.44. The molecule has 1 aromatic carbocycles. The second-order valence-electron chi connectivity index (χ2n) is 7.65. The quantitative estimate of drug-likeness (QED) is 0.572. The highest BCUT2D eigenvalue weighted by Gasteiger charge is 2.35. The minimum Gasteiger partial charge on any atom is -0.462 e. The molecule has 0 saturated heterocycles. The van der Waals surface area contributed by atoms with Crippen LogP contribution in [0.4, 0.5) is 0 Å². The maximum absolute atomic E-state index is 12.7. The van der Waals surface area contributed by atoms with Gasteiger partial charge in [0.2, 0.25) is 0 Å². The highest BCUT2D eigenvalue weighted by atomic mass is 16.5. The molecule has 132 valence electrons. The van der Waals surface area contributed by atoms with Crippen LogP contribution in [0.3, 0.4) is 0 Å². The highest BCUT2D eigenvalue weighted by molar-refractivity contribution is 5.98. The average Bonchev–Trinajstić information content (AvgIpc) is 2.53. The summed E-state index contributed by atoms with van der Waals surface area (Å²) in [5, 5.41) is 0. The van der Waals surface area contributed by atoms with Crippen LogP contribution >= 0.6 is 0 Å². The third-order valence-corrected chi connectivity index (χ3v) is 5.29. The summed E-state index contributed by atoms with van der Waals surface area (Å²) in [4.78, 5) is 24.7. The van der Waals surface area contributed by atoms with E-state index in [0.717, 1.165) is 18.4 Å². The second-order valence-corrected chi connectivity index (χ2v) is 7.65. The van der Waals surface area contributed by atoms with Gasteiger partial charge in [-0.1, -0.05) is 57.5 Å². The molecule has 3 nitrogen and oxygen atoms in total. The third kappa shape index (κ3) is 4.93. The molecule has 0 amide bonds. The van der Waals surface area contributed by atoms with Crippen LogP contribution in [0, 0.1) is 23.7 Å². The van der Waals surface area contributed by atoms with Gasteiger partial charge in [0.1, 0.15) is 17.8 Å². The minimum absolute atomic E-state index is 0.0566. The zero-order valence-corrected chi connectivity index (χ0v) is 15.3. The third-order valence-electron chi connectivity index (χ3n) is 5.29. The standard InChI is InChI=1S/C21H30O3/c1-14(2)18-11-10-15(3)12-20(18)24-21(23)19(16(4)22)13-17-8-6-5-7-9-17/h5-9,14-15,18-20H,10-13H2,1-4H3/t15-,18-,19+,20-/m1/s1. The van der Waals surface area contributed by atoms with Gasteiger partial charge in [-0.15, -0.1) is 0 Å². The van der Waals surface area contributed by atoms with Crippen LogP contribution in [0.2, 0.25) is 0 Å². The number of Topliss-reactive ketones (excluding diaryl/α,β-unsaturated/α-hetero) is 1. The number of hydrogen-bond acceptors (Lipinski definition) is 3. The molecular weight excluding hydrogens is 300 g/mol. The molecule has 0 unspecified atom stereocenters. The van der Waals surface area contributed by atoms with Gasteiger partial charge in [0.15, 0.2) is 0 Å². The maximum atomic E-state index is 12.7. The van der Waals surface area contributed by atoms with E-state index < -0.39 is 5.92 Å². The van der Waals surface area contributed by atoms with Gasteiger partial charge in [-0.25, -0.2) is 0 Å². The van der Waals surface area contributed by atoms with Gasteiger partial charge < -0.3 is 4.74 Å². The Hall–Kier alpha value is -1.64. The fourth-order valence-electron chi connectivity index (χ4n) is 3.72. The molecule has 1 aromatic rings. The molecule has 2 rings (SSSR count). The first-order valence-corrected chi connectivity index (χ1v) is 9.13. The van der Waals surface area contributed by atoms with E-state index in [9.17, 15) is 9.59 Å². The summed E-state index contributed by atoms with van der Waals surface area (Å²) in [5.41, 5.74) is 0.993. The lowest BCUT2D eigenvalue weighted by Gasteiger charge is -2.37. The van der Waals surface area contributed by atoms with Crippen molar-refractivity contribution in [3.8, 4) is 0 Å². The number of benzene rings is 1. The predicted molar refractivity (Wildman–Crippen MR) is 95.5 cm³/mol. The fourth-order valence-corrected chi connectivity index (χ4v) is 3.72. The number of carbonyl (C=O) groups is 2. The van der Waals surface area contributed by atoms with E-state index in [-0.39, 0.29) is 17.9 Å². The molecule has 0 aromatic heterocycles. The summed E-state index contributed by atoms with van der Waals surface area (Å²) in [6.45, 7) is 8.07. The normalized spacial score (nSPS) is 25.3. The van der Waals surface area contributed by atoms with Crippen LogP contribution in [-0.2, 0) is 20.7 Å². The molecule has 1 aliphatic carbocycles. The monoisotopic (exact) mass is 330 g/mol. The molecule has 0 aliphatic heterocycles. The summed E-state index contributed by atoms with van der Waals surface area (Å²) in [5.74, 6) is 0.291. The van der Waals surface area contributed by atoms with Gasteiger partial charge in [0, 0.05) is 0 Å². The lowest BCUT2D eigenvalue weighted by molar-refractivity contribution is -0.162. The summed E-state index contributed by atoms with van der Waals surface area (Å²) in [7, 11) is 0. The van der Waals surface area contributed by atoms with Crippen molar-refractivity contribution < 1.29 is 14.3 Å². The van der Waals surface area contributed by atoms with E-state index >= 15 is 0 Å². The topological polar surface area (TPSA) is 43.4 Å². The van der Waals surface area contributed by atoms with Gasteiger partial charge in [0.05, 0.1) is 0 Å². The van der Waals surface area contributed by atoms with Gasteiger partial charge in [-0.2, -0.15) is 0 Å². The molecule has 1 fully saturated rings. The smallest absolute Gasteiger partial charge is 0.317 e. The second kappa shape index (κ2) is 8.46. The lowest BCUT2D eigenvalue weighted by Crippen LogP contribution is -2.38. The molecule has 0 radical (unpaired) electrons. The summed E-state index contributed by atoms with van der Waals surface area (Å²) >= 11 is 0. The number of hydrogen-bond donors (Lipinski definition) is 0. The molecule has 0 spiro atoms. The lowest BCUT2D eigenvalue weighted by atomic mass is 9.75. The Balaban J connectivity index is 2.07. The number of carbonyl (C=O) groups excluding carboxylic acids is 2. The van der Waals surface area contributed by atoms with E-state index in [1.165, 1.54) is 13.3 Å². The molecule has 0 bridgehead atoms. The molecule has 24 heavy (non-hydrogen) atoms. The number of esters is 1. The largest absolute Gasteiger partial charge is 0.462 e. The highest BCUT2D eigenvalue weighted by Crippen LogP contribution is 2.35.